The lowest BCUT2D eigenvalue weighted by atomic mass is 10.0. The third-order valence-corrected chi connectivity index (χ3v) is 7.66. The highest BCUT2D eigenvalue weighted by Crippen LogP contribution is 2.24. The van der Waals surface area contributed by atoms with Gasteiger partial charge in [-0.3, -0.25) is 4.79 Å². The number of carbonyl (C=O) groups excluding carboxylic acids is 2. The first kappa shape index (κ1) is 27.8. The average Bonchev–Trinajstić information content (AvgIpc) is 2.84. The Hall–Kier alpha value is -1.78. The monoisotopic (exact) mass is 525 g/mol. The number of likely N-dealkylation sites (tertiary alicyclic amines) is 1. The van der Waals surface area contributed by atoms with Gasteiger partial charge >= 0.3 is 6.03 Å². The van der Waals surface area contributed by atoms with Gasteiger partial charge in [0.25, 0.3) is 0 Å². The van der Waals surface area contributed by atoms with Crippen molar-refractivity contribution in [2.75, 3.05) is 56.5 Å². The van der Waals surface area contributed by atoms with Crippen molar-refractivity contribution in [1.29, 1.82) is 0 Å². The van der Waals surface area contributed by atoms with E-state index in [0.717, 1.165) is 25.2 Å². The Morgan fingerprint density at radius 2 is 1.94 bits per heavy atom. The molecule has 0 saturated carbocycles. The lowest BCUT2D eigenvalue weighted by Gasteiger charge is -2.40. The summed E-state index contributed by atoms with van der Waals surface area (Å²) in [4.78, 5) is 40.1. The molecule has 196 valence electrons. The number of anilines is 1. The summed E-state index contributed by atoms with van der Waals surface area (Å²) in [6.07, 6.45) is 5.74. The van der Waals surface area contributed by atoms with Crippen molar-refractivity contribution >= 4 is 41.1 Å². The van der Waals surface area contributed by atoms with E-state index >= 15 is 0 Å². The molecule has 2 saturated heterocycles. The van der Waals surface area contributed by atoms with Crippen LogP contribution >= 0.6 is 23.4 Å². The van der Waals surface area contributed by atoms with Gasteiger partial charge in [-0.05, 0) is 46.1 Å². The molecule has 1 aromatic heterocycles. The van der Waals surface area contributed by atoms with Crippen LogP contribution in [0.1, 0.15) is 52.9 Å². The summed E-state index contributed by atoms with van der Waals surface area (Å²) in [7, 11) is 0. The predicted octanol–water partition coefficient (Wildman–Crippen LogP) is 3.23. The van der Waals surface area contributed by atoms with E-state index in [1.54, 1.807) is 6.07 Å². The summed E-state index contributed by atoms with van der Waals surface area (Å²) >= 11 is 7.57. The molecule has 0 radical (unpaired) electrons. The first-order valence-electron chi connectivity index (χ1n) is 12.8. The Kier molecular flexibility index (Phi) is 11.2. The number of piperazine rings is 1. The smallest absolute Gasteiger partial charge is 0.317 e. The zero-order valence-corrected chi connectivity index (χ0v) is 22.8. The van der Waals surface area contributed by atoms with Crippen molar-refractivity contribution in [3.63, 3.8) is 0 Å². The Bertz CT molecular complexity index is 846. The van der Waals surface area contributed by atoms with Crippen LogP contribution in [-0.4, -0.2) is 95.4 Å². The van der Waals surface area contributed by atoms with Crippen LogP contribution in [0, 0.1) is 0 Å². The van der Waals surface area contributed by atoms with Crippen LogP contribution in [0.5, 0.6) is 0 Å². The van der Waals surface area contributed by atoms with Crippen molar-refractivity contribution in [3.05, 3.63) is 11.2 Å². The Labute approximate surface area is 218 Å². The van der Waals surface area contributed by atoms with Crippen LogP contribution in [0.25, 0.3) is 0 Å². The highest BCUT2D eigenvalue weighted by Gasteiger charge is 2.28. The third-order valence-electron chi connectivity index (χ3n) is 6.62. The lowest BCUT2D eigenvalue weighted by molar-refractivity contribution is -0.118. The van der Waals surface area contributed by atoms with E-state index in [2.05, 4.69) is 37.3 Å². The Morgan fingerprint density at radius 3 is 2.69 bits per heavy atom. The second-order valence-electron chi connectivity index (χ2n) is 9.42. The molecule has 2 aliphatic rings. The van der Waals surface area contributed by atoms with Gasteiger partial charge in [0, 0.05) is 57.4 Å². The summed E-state index contributed by atoms with van der Waals surface area (Å²) in [6, 6.07) is 2.41. The fraction of sp³-hybridized carbons (Fsp3) is 0.750. The Morgan fingerprint density at radius 1 is 1.11 bits per heavy atom. The third kappa shape index (κ3) is 8.68. The SMILES string of the molecule is CCCNC(=O)N1CCN(c2cc(Cl)nc(SCC(=O)NCCCN3CCCCC3C)n2)CC1C. The summed E-state index contributed by atoms with van der Waals surface area (Å²) in [5.74, 6) is 0.956. The zero-order chi connectivity index (χ0) is 25.2. The van der Waals surface area contributed by atoms with E-state index in [1.807, 2.05) is 18.7 Å². The average molecular weight is 526 g/mol. The second kappa shape index (κ2) is 14.1. The molecule has 3 amide bonds. The Balaban J connectivity index is 1.43. The van der Waals surface area contributed by atoms with Gasteiger partial charge in [0.2, 0.25) is 5.91 Å². The molecule has 35 heavy (non-hydrogen) atoms. The number of halogens is 1. The standard InChI is InChI=1S/C24H40ClN7O2S/c1-4-9-27-24(34)32-14-13-31(16-19(32)3)21-15-20(25)28-23(29-21)35-17-22(33)26-10-7-12-30-11-6-5-8-18(30)2/h15,18-19H,4-14,16-17H2,1-3H3,(H,26,33)(H,27,34). The van der Waals surface area contributed by atoms with E-state index in [4.69, 9.17) is 11.6 Å². The van der Waals surface area contributed by atoms with E-state index < -0.39 is 0 Å². The number of rotatable bonds is 10. The predicted molar refractivity (Wildman–Crippen MR) is 142 cm³/mol. The minimum atomic E-state index is -0.0212. The zero-order valence-electron chi connectivity index (χ0n) is 21.3. The van der Waals surface area contributed by atoms with Crippen LogP contribution < -0.4 is 15.5 Å². The molecule has 0 bridgehead atoms. The topological polar surface area (TPSA) is 93.7 Å². The normalized spacial score (nSPS) is 21.1. The number of hydrogen-bond acceptors (Lipinski definition) is 7. The van der Waals surface area contributed by atoms with Crippen molar-refractivity contribution in [1.82, 2.24) is 30.4 Å². The molecule has 0 aromatic carbocycles. The van der Waals surface area contributed by atoms with Gasteiger partial charge < -0.3 is 25.3 Å². The minimum absolute atomic E-state index is 0.0209. The molecule has 2 unspecified atom stereocenters. The summed E-state index contributed by atoms with van der Waals surface area (Å²) in [5.41, 5.74) is 0. The van der Waals surface area contributed by atoms with E-state index in [-0.39, 0.29) is 23.7 Å². The van der Waals surface area contributed by atoms with Gasteiger partial charge in [-0.25, -0.2) is 14.8 Å². The van der Waals surface area contributed by atoms with Crippen LogP contribution in [0.15, 0.2) is 11.2 Å². The number of amides is 3. The molecule has 3 heterocycles. The summed E-state index contributed by atoms with van der Waals surface area (Å²) in [6.45, 7) is 11.9. The number of hydrogen-bond donors (Lipinski definition) is 2. The first-order chi connectivity index (χ1) is 16.9. The molecule has 0 aliphatic carbocycles. The second-order valence-corrected chi connectivity index (χ2v) is 10.8. The van der Waals surface area contributed by atoms with Crippen molar-refractivity contribution in [2.24, 2.45) is 0 Å². The largest absolute Gasteiger partial charge is 0.355 e. The van der Waals surface area contributed by atoms with E-state index in [0.29, 0.717) is 49.1 Å². The minimum Gasteiger partial charge on any atom is -0.355 e. The van der Waals surface area contributed by atoms with Gasteiger partial charge in [-0.2, -0.15) is 0 Å². The molecular weight excluding hydrogens is 486 g/mol. The molecule has 2 aliphatic heterocycles. The van der Waals surface area contributed by atoms with Crippen LogP contribution in [0.4, 0.5) is 10.6 Å². The highest BCUT2D eigenvalue weighted by molar-refractivity contribution is 7.99. The van der Waals surface area contributed by atoms with E-state index in [1.165, 1.54) is 37.6 Å². The van der Waals surface area contributed by atoms with Crippen LogP contribution in [0.3, 0.4) is 0 Å². The maximum atomic E-state index is 12.4. The molecule has 2 fully saturated rings. The molecule has 1 aromatic rings. The molecule has 9 nitrogen and oxygen atoms in total. The number of piperidine rings is 1. The maximum absolute atomic E-state index is 12.4. The molecule has 3 rings (SSSR count). The number of urea groups is 1. The summed E-state index contributed by atoms with van der Waals surface area (Å²) in [5, 5.41) is 6.79. The molecule has 11 heteroatoms. The molecule has 2 atom stereocenters. The van der Waals surface area contributed by atoms with Gasteiger partial charge in [0.05, 0.1) is 5.75 Å². The van der Waals surface area contributed by atoms with Crippen molar-refractivity contribution < 1.29 is 9.59 Å². The first-order valence-corrected chi connectivity index (χ1v) is 14.2. The van der Waals surface area contributed by atoms with Crippen LogP contribution in [-0.2, 0) is 4.79 Å². The number of thioether (sulfide) groups is 1. The number of carbonyl (C=O) groups is 2. The molecule has 0 spiro atoms. The number of nitrogens with one attached hydrogen (secondary N) is 2. The van der Waals surface area contributed by atoms with Gasteiger partial charge in [-0.1, -0.05) is 36.7 Å². The van der Waals surface area contributed by atoms with Crippen molar-refractivity contribution in [2.45, 2.75) is 70.1 Å². The van der Waals surface area contributed by atoms with Gasteiger partial charge in [0.15, 0.2) is 5.16 Å². The van der Waals surface area contributed by atoms with Gasteiger partial charge in [0.1, 0.15) is 11.0 Å². The molecule has 2 N–H and O–H groups in total. The lowest BCUT2D eigenvalue weighted by Crippen LogP contribution is -2.56. The fourth-order valence-electron chi connectivity index (χ4n) is 4.59. The number of nitrogens with zero attached hydrogens (tertiary/aromatic N) is 5. The quantitative estimate of drug-likeness (QED) is 0.209. The maximum Gasteiger partial charge on any atom is 0.317 e. The van der Waals surface area contributed by atoms with E-state index in [9.17, 15) is 9.59 Å². The van der Waals surface area contributed by atoms with Gasteiger partial charge in [-0.15, -0.1) is 0 Å². The number of aromatic nitrogens is 2. The van der Waals surface area contributed by atoms with Crippen molar-refractivity contribution in [3.8, 4) is 0 Å². The van der Waals surface area contributed by atoms with Crippen LogP contribution in [0.2, 0.25) is 5.15 Å². The fourth-order valence-corrected chi connectivity index (χ4v) is 5.50. The summed E-state index contributed by atoms with van der Waals surface area (Å²) < 4.78 is 0. The highest BCUT2D eigenvalue weighted by atomic mass is 35.5. The molecular formula is C24H40ClN7O2S.